The van der Waals surface area contributed by atoms with E-state index in [9.17, 15) is 21.6 Å². The van der Waals surface area contributed by atoms with Gasteiger partial charge in [-0.25, -0.2) is 13.1 Å². The minimum Gasteiger partial charge on any atom is -0.248 e. The number of rotatable bonds is 4. The standard InChI is InChI=1S/C16H17F3N4O2S/c17-16(18,19)12-3-5-14(6-4-12)26(24,25)22-8-7-13(9-22)23-10-15(20-21-23)11-1-2-11/h3-6,10-11,13H,1-2,7-9H2/t13-/m0/s1. The van der Waals surface area contributed by atoms with Gasteiger partial charge in [0.2, 0.25) is 10.0 Å². The zero-order valence-corrected chi connectivity index (χ0v) is 14.5. The summed E-state index contributed by atoms with van der Waals surface area (Å²) in [4.78, 5) is -0.136. The molecule has 140 valence electrons. The minimum absolute atomic E-state index is 0.112. The van der Waals surface area contributed by atoms with Gasteiger partial charge in [-0.15, -0.1) is 5.10 Å². The summed E-state index contributed by atoms with van der Waals surface area (Å²) in [5.41, 5.74) is 0.0695. The van der Waals surface area contributed by atoms with E-state index in [0.717, 1.165) is 42.8 Å². The summed E-state index contributed by atoms with van der Waals surface area (Å²) >= 11 is 0. The van der Waals surface area contributed by atoms with E-state index in [1.54, 1.807) is 4.68 Å². The van der Waals surface area contributed by atoms with Gasteiger partial charge in [-0.1, -0.05) is 5.21 Å². The maximum Gasteiger partial charge on any atom is 0.416 e. The normalized spacial score (nSPS) is 22.0. The Morgan fingerprint density at radius 1 is 1.08 bits per heavy atom. The molecule has 2 aromatic rings. The molecule has 10 heteroatoms. The predicted molar refractivity (Wildman–Crippen MR) is 85.9 cm³/mol. The van der Waals surface area contributed by atoms with E-state index in [4.69, 9.17) is 0 Å². The molecule has 1 aliphatic heterocycles. The molecule has 1 atom stereocenters. The second kappa shape index (κ2) is 6.05. The van der Waals surface area contributed by atoms with Crippen molar-refractivity contribution in [1.29, 1.82) is 0 Å². The molecule has 0 N–H and O–H groups in total. The van der Waals surface area contributed by atoms with Crippen molar-refractivity contribution >= 4 is 10.0 Å². The number of sulfonamides is 1. The lowest BCUT2D eigenvalue weighted by Gasteiger charge is -2.17. The average Bonchev–Trinajstić information content (AvgIpc) is 3.11. The van der Waals surface area contributed by atoms with Crippen LogP contribution in [0.1, 0.15) is 42.5 Å². The Balaban J connectivity index is 1.49. The van der Waals surface area contributed by atoms with Crippen LogP contribution in [-0.4, -0.2) is 40.8 Å². The number of hydrogen-bond donors (Lipinski definition) is 0. The maximum atomic E-state index is 12.7. The molecule has 26 heavy (non-hydrogen) atoms. The van der Waals surface area contributed by atoms with Crippen LogP contribution in [0.5, 0.6) is 0 Å². The van der Waals surface area contributed by atoms with Gasteiger partial charge in [0, 0.05) is 25.2 Å². The third-order valence-electron chi connectivity index (χ3n) is 4.84. The molecule has 0 bridgehead atoms. The highest BCUT2D eigenvalue weighted by atomic mass is 32.2. The molecule has 0 radical (unpaired) electrons. The van der Waals surface area contributed by atoms with Crippen molar-refractivity contribution in [1.82, 2.24) is 19.3 Å². The molecule has 6 nitrogen and oxygen atoms in total. The summed E-state index contributed by atoms with van der Waals surface area (Å²) in [6.07, 6.45) is 0.187. The average molecular weight is 386 g/mol. The molecule has 1 aromatic carbocycles. The van der Waals surface area contributed by atoms with Gasteiger partial charge in [-0.2, -0.15) is 17.5 Å². The Hall–Kier alpha value is -1.94. The molecule has 1 saturated carbocycles. The summed E-state index contributed by atoms with van der Waals surface area (Å²) in [5, 5.41) is 8.25. The molecular formula is C16H17F3N4O2S. The van der Waals surface area contributed by atoms with E-state index in [0.29, 0.717) is 18.9 Å². The van der Waals surface area contributed by atoms with E-state index >= 15 is 0 Å². The summed E-state index contributed by atoms with van der Waals surface area (Å²) < 4.78 is 66.3. The topological polar surface area (TPSA) is 68.1 Å². The quantitative estimate of drug-likeness (QED) is 0.810. The lowest BCUT2D eigenvalue weighted by molar-refractivity contribution is -0.137. The van der Waals surface area contributed by atoms with E-state index in [2.05, 4.69) is 10.3 Å². The monoisotopic (exact) mass is 386 g/mol. The minimum atomic E-state index is -4.49. The Morgan fingerprint density at radius 2 is 1.77 bits per heavy atom. The first kappa shape index (κ1) is 17.5. The van der Waals surface area contributed by atoms with Crippen molar-refractivity contribution < 1.29 is 21.6 Å². The van der Waals surface area contributed by atoms with Gasteiger partial charge in [-0.05, 0) is 43.5 Å². The van der Waals surface area contributed by atoms with Crippen LogP contribution in [0.3, 0.4) is 0 Å². The first-order valence-corrected chi connectivity index (χ1v) is 9.78. The second-order valence-corrected chi connectivity index (χ2v) is 8.66. The van der Waals surface area contributed by atoms with Crippen LogP contribution in [0.15, 0.2) is 35.4 Å². The second-order valence-electron chi connectivity index (χ2n) is 6.73. The number of benzene rings is 1. The van der Waals surface area contributed by atoms with E-state index in [-0.39, 0.29) is 17.5 Å². The van der Waals surface area contributed by atoms with Gasteiger partial charge in [0.15, 0.2) is 0 Å². The first-order chi connectivity index (χ1) is 12.2. The van der Waals surface area contributed by atoms with Gasteiger partial charge in [0.1, 0.15) is 0 Å². The van der Waals surface area contributed by atoms with Crippen LogP contribution in [0.4, 0.5) is 13.2 Å². The smallest absolute Gasteiger partial charge is 0.248 e. The third kappa shape index (κ3) is 3.23. The molecular weight excluding hydrogens is 369 g/mol. The molecule has 4 rings (SSSR count). The fourth-order valence-electron chi connectivity index (χ4n) is 3.14. The number of hydrogen-bond acceptors (Lipinski definition) is 4. The molecule has 1 saturated heterocycles. The van der Waals surface area contributed by atoms with Crippen molar-refractivity contribution in [3.05, 3.63) is 41.7 Å². The SMILES string of the molecule is O=S(=O)(c1ccc(C(F)(F)F)cc1)N1CC[C@H](n2cc(C3CC3)nn2)C1. The van der Waals surface area contributed by atoms with E-state index in [1.807, 2.05) is 6.20 Å². The summed E-state index contributed by atoms with van der Waals surface area (Å²) in [6, 6.07) is 3.48. The lowest BCUT2D eigenvalue weighted by atomic mass is 10.2. The van der Waals surface area contributed by atoms with Crippen molar-refractivity contribution in [3.63, 3.8) is 0 Å². The van der Waals surface area contributed by atoms with Crippen LogP contribution < -0.4 is 0 Å². The Kier molecular flexibility index (Phi) is 4.07. The van der Waals surface area contributed by atoms with E-state index in [1.165, 1.54) is 4.31 Å². The van der Waals surface area contributed by atoms with Crippen LogP contribution in [0, 0.1) is 0 Å². The van der Waals surface area contributed by atoms with Gasteiger partial charge in [0.05, 0.1) is 22.2 Å². The van der Waals surface area contributed by atoms with E-state index < -0.39 is 21.8 Å². The van der Waals surface area contributed by atoms with Crippen molar-refractivity contribution in [2.24, 2.45) is 0 Å². The molecule has 1 aliphatic carbocycles. The molecule has 0 unspecified atom stereocenters. The lowest BCUT2D eigenvalue weighted by Crippen LogP contribution is -2.29. The number of aromatic nitrogens is 3. The molecule has 1 aromatic heterocycles. The molecule has 2 aliphatic rings. The Bertz CT molecular complexity index is 904. The number of alkyl halides is 3. The molecule has 0 spiro atoms. The van der Waals surface area contributed by atoms with Crippen molar-refractivity contribution in [2.75, 3.05) is 13.1 Å². The van der Waals surface area contributed by atoms with Crippen molar-refractivity contribution in [3.8, 4) is 0 Å². The highest BCUT2D eigenvalue weighted by molar-refractivity contribution is 7.89. The molecule has 0 amide bonds. The summed E-state index contributed by atoms with van der Waals surface area (Å²) in [7, 11) is -3.83. The van der Waals surface area contributed by atoms with Crippen LogP contribution >= 0.6 is 0 Å². The zero-order chi connectivity index (χ0) is 18.5. The fraction of sp³-hybridized carbons (Fsp3) is 0.500. The number of nitrogens with zero attached hydrogens (tertiary/aromatic N) is 4. The summed E-state index contributed by atoms with van der Waals surface area (Å²) in [6.45, 7) is 0.531. The first-order valence-electron chi connectivity index (χ1n) is 8.34. The van der Waals surface area contributed by atoms with Crippen LogP contribution in [0.25, 0.3) is 0 Å². The van der Waals surface area contributed by atoms with Gasteiger partial charge in [-0.3, -0.25) is 0 Å². The Morgan fingerprint density at radius 3 is 2.38 bits per heavy atom. The molecule has 2 heterocycles. The maximum absolute atomic E-state index is 12.7. The van der Waals surface area contributed by atoms with Gasteiger partial charge >= 0.3 is 6.18 Å². The molecule has 2 fully saturated rings. The van der Waals surface area contributed by atoms with Gasteiger partial charge < -0.3 is 0 Å². The Labute approximate surface area is 148 Å². The fourth-order valence-corrected chi connectivity index (χ4v) is 4.64. The van der Waals surface area contributed by atoms with Crippen LogP contribution in [-0.2, 0) is 16.2 Å². The van der Waals surface area contributed by atoms with Crippen LogP contribution in [0.2, 0.25) is 0 Å². The van der Waals surface area contributed by atoms with Crippen molar-refractivity contribution in [2.45, 2.75) is 42.3 Å². The largest absolute Gasteiger partial charge is 0.416 e. The van der Waals surface area contributed by atoms with Gasteiger partial charge in [0.25, 0.3) is 0 Å². The summed E-state index contributed by atoms with van der Waals surface area (Å²) in [5.74, 6) is 0.470. The third-order valence-corrected chi connectivity index (χ3v) is 6.72. The zero-order valence-electron chi connectivity index (χ0n) is 13.7. The highest BCUT2D eigenvalue weighted by Crippen LogP contribution is 2.39. The highest BCUT2D eigenvalue weighted by Gasteiger charge is 2.36. The number of halogens is 3. The predicted octanol–water partition coefficient (Wildman–Crippen LogP) is 2.81.